The van der Waals surface area contributed by atoms with E-state index in [1.807, 2.05) is 0 Å². The summed E-state index contributed by atoms with van der Waals surface area (Å²) in [4.78, 5) is 2.42. The largest absolute Gasteiger partial charge is 0.313 e. The molecular weight excluding hydrogens is 648 g/mol. The summed E-state index contributed by atoms with van der Waals surface area (Å²) in [6.07, 6.45) is 6.56. The van der Waals surface area contributed by atoms with Crippen molar-refractivity contribution in [3.8, 4) is 27.9 Å². The van der Waals surface area contributed by atoms with E-state index in [4.69, 9.17) is 0 Å². The van der Waals surface area contributed by atoms with Crippen molar-refractivity contribution < 1.29 is 0 Å². The van der Waals surface area contributed by atoms with Crippen molar-refractivity contribution in [2.75, 3.05) is 4.90 Å². The van der Waals surface area contributed by atoms with E-state index in [0.29, 0.717) is 0 Å². The summed E-state index contributed by atoms with van der Waals surface area (Å²) in [7, 11) is 0. The molecule has 0 saturated heterocycles. The van der Waals surface area contributed by atoms with Crippen LogP contribution in [0.1, 0.15) is 12.5 Å². The van der Waals surface area contributed by atoms with Crippen LogP contribution in [0.15, 0.2) is 174 Å². The van der Waals surface area contributed by atoms with Crippen molar-refractivity contribution in [3.63, 3.8) is 0 Å². The molecule has 3 heteroatoms. The maximum atomic E-state index is 3.90. The number of rotatable bonds is 3. The van der Waals surface area contributed by atoms with Crippen LogP contribution in [-0.2, 0) is 0 Å². The Bertz CT molecular complexity index is 2580. The Hall–Kier alpha value is -5.64. The SMILES string of the molecule is C/C1=C\C=C/c2cccc(c2)-c2ccc(-c3ccc4c(c3)c3ccccc3n4-c3ccccc3)cc2N1c1cccc2cccc(Br)c12. The van der Waals surface area contributed by atoms with E-state index >= 15 is 0 Å². The van der Waals surface area contributed by atoms with Gasteiger partial charge in [-0.2, -0.15) is 0 Å². The zero-order chi connectivity index (χ0) is 32.2. The first-order chi connectivity index (χ1) is 23.6. The monoisotopic (exact) mass is 678 g/mol. The predicted molar refractivity (Wildman–Crippen MR) is 208 cm³/mol. The average Bonchev–Trinajstić information content (AvgIpc) is 3.46. The molecule has 48 heavy (non-hydrogen) atoms. The smallest absolute Gasteiger partial charge is 0.0548 e. The lowest BCUT2D eigenvalue weighted by atomic mass is 9.94. The summed E-state index contributed by atoms with van der Waals surface area (Å²) in [6.45, 7) is 2.21. The standard InChI is InChI=1S/C45H31BrN2/c1-30-11-7-12-31-13-8-16-35(27-31)37-25-23-34(29-44(37)47(30)43-22-10-15-32-14-9-20-40(46)45(32)43)33-24-26-42-39(28-33)38-19-5-6-21-41(38)48(42)36-17-3-2-4-18-36/h2-29H,1H3/b12-7-,30-11+. The second kappa shape index (κ2) is 11.6. The van der Waals surface area contributed by atoms with Gasteiger partial charge in [-0.1, -0.05) is 125 Å². The van der Waals surface area contributed by atoms with Crippen molar-refractivity contribution in [3.05, 3.63) is 180 Å². The number of nitrogens with zero attached hydrogens (tertiary/aromatic N) is 2. The average molecular weight is 680 g/mol. The summed E-state index contributed by atoms with van der Waals surface area (Å²) in [5.74, 6) is 0. The molecule has 2 nitrogen and oxygen atoms in total. The highest BCUT2D eigenvalue weighted by molar-refractivity contribution is 9.10. The van der Waals surface area contributed by atoms with Crippen LogP contribution < -0.4 is 4.90 Å². The number of anilines is 2. The Morgan fingerprint density at radius 1 is 0.542 bits per heavy atom. The third kappa shape index (κ3) is 4.70. The molecule has 1 aliphatic heterocycles. The number of allylic oxidation sites excluding steroid dienone is 3. The lowest BCUT2D eigenvalue weighted by Crippen LogP contribution is -2.16. The Balaban J connectivity index is 1.30. The molecule has 228 valence electrons. The molecule has 0 radical (unpaired) electrons. The lowest BCUT2D eigenvalue weighted by molar-refractivity contribution is 1.16. The highest BCUT2D eigenvalue weighted by Crippen LogP contribution is 2.45. The Morgan fingerprint density at radius 2 is 1.29 bits per heavy atom. The fourth-order valence-electron chi connectivity index (χ4n) is 7.30. The second-order valence-electron chi connectivity index (χ2n) is 12.4. The summed E-state index contributed by atoms with van der Waals surface area (Å²) >= 11 is 3.90. The van der Waals surface area contributed by atoms with Crippen LogP contribution >= 0.6 is 15.9 Å². The Morgan fingerprint density at radius 3 is 2.19 bits per heavy atom. The summed E-state index contributed by atoms with van der Waals surface area (Å²) in [5.41, 5.74) is 12.9. The number of aromatic nitrogens is 1. The van der Waals surface area contributed by atoms with E-state index in [2.05, 4.69) is 202 Å². The number of benzene rings is 7. The van der Waals surface area contributed by atoms with Crippen LogP contribution in [-0.4, -0.2) is 4.57 Å². The molecule has 0 amide bonds. The van der Waals surface area contributed by atoms with Gasteiger partial charge in [-0.05, 0) is 95.2 Å². The van der Waals surface area contributed by atoms with Crippen LogP contribution in [0.4, 0.5) is 11.4 Å². The molecule has 2 heterocycles. The minimum atomic E-state index is 1.08. The third-order valence-corrected chi connectivity index (χ3v) is 10.2. The Kier molecular flexibility index (Phi) is 6.88. The number of hydrogen-bond acceptors (Lipinski definition) is 1. The maximum absolute atomic E-state index is 3.90. The van der Waals surface area contributed by atoms with Crippen LogP contribution in [0.2, 0.25) is 0 Å². The molecule has 0 unspecified atom stereocenters. The van der Waals surface area contributed by atoms with Crippen molar-refractivity contribution in [1.29, 1.82) is 0 Å². The first-order valence-electron chi connectivity index (χ1n) is 16.3. The van der Waals surface area contributed by atoms with E-state index in [0.717, 1.165) is 21.5 Å². The van der Waals surface area contributed by atoms with E-state index in [1.54, 1.807) is 0 Å². The number of halogens is 1. The first-order valence-corrected chi connectivity index (χ1v) is 17.1. The predicted octanol–water partition coefficient (Wildman–Crippen LogP) is 13.1. The van der Waals surface area contributed by atoms with E-state index in [-0.39, 0.29) is 0 Å². The van der Waals surface area contributed by atoms with Gasteiger partial charge in [0.25, 0.3) is 0 Å². The van der Waals surface area contributed by atoms with Crippen LogP contribution in [0.25, 0.3) is 66.6 Å². The zero-order valence-corrected chi connectivity index (χ0v) is 28.0. The summed E-state index contributed by atoms with van der Waals surface area (Å²) < 4.78 is 3.45. The van der Waals surface area contributed by atoms with Gasteiger partial charge in [0.15, 0.2) is 0 Å². The molecule has 0 N–H and O–H groups in total. The van der Waals surface area contributed by atoms with Crippen molar-refractivity contribution in [2.45, 2.75) is 6.92 Å². The number of hydrogen-bond donors (Lipinski definition) is 0. The highest BCUT2D eigenvalue weighted by atomic mass is 79.9. The van der Waals surface area contributed by atoms with Crippen LogP contribution in [0.5, 0.6) is 0 Å². The topological polar surface area (TPSA) is 8.17 Å². The van der Waals surface area contributed by atoms with Gasteiger partial charge >= 0.3 is 0 Å². The van der Waals surface area contributed by atoms with E-state index in [9.17, 15) is 0 Å². The van der Waals surface area contributed by atoms with Gasteiger partial charge in [0, 0.05) is 37.6 Å². The number of para-hydroxylation sites is 2. The molecule has 0 fully saturated rings. The van der Waals surface area contributed by atoms with E-state index < -0.39 is 0 Å². The molecule has 0 atom stereocenters. The van der Waals surface area contributed by atoms with Gasteiger partial charge in [0.1, 0.15) is 0 Å². The second-order valence-corrected chi connectivity index (χ2v) is 13.2. The molecule has 2 bridgehead atoms. The van der Waals surface area contributed by atoms with Crippen molar-refractivity contribution in [2.24, 2.45) is 0 Å². The molecule has 1 aromatic heterocycles. The molecule has 1 aliphatic rings. The van der Waals surface area contributed by atoms with Gasteiger partial charge < -0.3 is 9.47 Å². The maximum Gasteiger partial charge on any atom is 0.0548 e. The van der Waals surface area contributed by atoms with Gasteiger partial charge in [0.2, 0.25) is 0 Å². The highest BCUT2D eigenvalue weighted by Gasteiger charge is 2.22. The first kappa shape index (κ1) is 28.6. The van der Waals surface area contributed by atoms with E-state index in [1.165, 1.54) is 66.1 Å². The fourth-order valence-corrected chi connectivity index (χ4v) is 7.89. The minimum absolute atomic E-state index is 1.08. The normalized spacial score (nSPS) is 14.5. The third-order valence-electron chi connectivity index (χ3n) is 9.51. The molecule has 0 saturated carbocycles. The fraction of sp³-hybridized carbons (Fsp3) is 0.0222. The molecular formula is C45H31BrN2. The molecule has 7 aromatic carbocycles. The zero-order valence-electron chi connectivity index (χ0n) is 26.4. The number of fused-ring (bicyclic) bond motifs is 8. The molecule has 0 spiro atoms. The molecule has 0 aliphatic carbocycles. The lowest BCUT2D eigenvalue weighted by Gasteiger charge is -2.30. The van der Waals surface area contributed by atoms with Crippen molar-refractivity contribution >= 4 is 66.0 Å². The Labute approximate surface area is 288 Å². The van der Waals surface area contributed by atoms with Gasteiger partial charge in [-0.25, -0.2) is 0 Å². The summed E-state index contributed by atoms with van der Waals surface area (Å²) in [5, 5.41) is 4.88. The van der Waals surface area contributed by atoms with Crippen molar-refractivity contribution in [1.82, 2.24) is 4.57 Å². The van der Waals surface area contributed by atoms with Gasteiger partial charge in [0.05, 0.1) is 22.4 Å². The minimum Gasteiger partial charge on any atom is -0.313 e. The molecule has 9 rings (SSSR count). The van der Waals surface area contributed by atoms with Crippen LogP contribution in [0, 0.1) is 0 Å². The van der Waals surface area contributed by atoms with Crippen LogP contribution in [0.3, 0.4) is 0 Å². The van der Waals surface area contributed by atoms with Gasteiger partial charge in [-0.15, -0.1) is 0 Å². The summed E-state index contributed by atoms with van der Waals surface area (Å²) in [6, 6.07) is 55.1. The van der Waals surface area contributed by atoms with Gasteiger partial charge in [-0.3, -0.25) is 0 Å². The quantitative estimate of drug-likeness (QED) is 0.180. The molecule has 8 aromatic rings.